The maximum Gasteiger partial charge on any atom is 0.0508 e. The average molecular weight is 268 g/mol. The minimum absolute atomic E-state index is 0.463. The van der Waals surface area contributed by atoms with Crippen molar-refractivity contribution in [2.45, 2.75) is 96.9 Å². The summed E-state index contributed by atoms with van der Waals surface area (Å²) < 4.78 is 0. The van der Waals surface area contributed by atoms with Crippen LogP contribution < -0.4 is 5.32 Å². The van der Waals surface area contributed by atoms with Crippen molar-refractivity contribution >= 4 is 0 Å². The van der Waals surface area contributed by atoms with E-state index >= 15 is 0 Å². The van der Waals surface area contributed by atoms with Gasteiger partial charge >= 0.3 is 0 Å². The Hall–Kier alpha value is -0.0800. The van der Waals surface area contributed by atoms with Gasteiger partial charge in [-0.2, -0.15) is 0 Å². The molecule has 1 fully saturated rings. The summed E-state index contributed by atoms with van der Waals surface area (Å²) in [6.07, 6.45) is 15.4. The second-order valence-corrected chi connectivity index (χ2v) is 6.58. The van der Waals surface area contributed by atoms with Gasteiger partial charge in [-0.15, -0.1) is 0 Å². The highest BCUT2D eigenvalue weighted by Gasteiger charge is 2.33. The van der Waals surface area contributed by atoms with Crippen LogP contribution in [0.1, 0.15) is 91.4 Å². The van der Waals surface area contributed by atoms with E-state index < -0.39 is 0 Å². The lowest BCUT2D eigenvalue weighted by Crippen LogP contribution is -2.62. The van der Waals surface area contributed by atoms with E-state index in [0.29, 0.717) is 5.54 Å². The first kappa shape index (κ1) is 17.0. The van der Waals surface area contributed by atoms with Crippen molar-refractivity contribution in [2.75, 3.05) is 13.3 Å². The van der Waals surface area contributed by atoms with E-state index in [0.717, 1.165) is 13.3 Å². The lowest BCUT2D eigenvalue weighted by molar-refractivity contribution is 0.000648. The lowest BCUT2D eigenvalue weighted by Gasteiger charge is -2.47. The molecule has 2 nitrogen and oxygen atoms in total. The summed E-state index contributed by atoms with van der Waals surface area (Å²) in [7, 11) is 0. The van der Waals surface area contributed by atoms with Crippen molar-refractivity contribution in [1.82, 2.24) is 10.2 Å². The van der Waals surface area contributed by atoms with E-state index in [9.17, 15) is 0 Å². The zero-order valence-electron chi connectivity index (χ0n) is 13.6. The lowest BCUT2D eigenvalue weighted by atomic mass is 9.86. The molecule has 0 bridgehead atoms. The van der Waals surface area contributed by atoms with Crippen molar-refractivity contribution < 1.29 is 0 Å². The second kappa shape index (κ2) is 9.77. The summed E-state index contributed by atoms with van der Waals surface area (Å²) in [4.78, 5) is 2.65. The molecule has 114 valence electrons. The van der Waals surface area contributed by atoms with Crippen LogP contribution in [0.15, 0.2) is 0 Å². The quantitative estimate of drug-likeness (QED) is 0.507. The van der Waals surface area contributed by atoms with Crippen LogP contribution in [0.2, 0.25) is 0 Å². The van der Waals surface area contributed by atoms with Gasteiger partial charge in [0.05, 0.1) is 13.3 Å². The highest BCUT2D eigenvalue weighted by Crippen LogP contribution is 2.30. The Kier molecular flexibility index (Phi) is 8.72. The van der Waals surface area contributed by atoms with E-state index in [1.165, 1.54) is 70.6 Å². The van der Waals surface area contributed by atoms with Crippen LogP contribution in [0.4, 0.5) is 0 Å². The molecule has 1 aliphatic heterocycles. The predicted octanol–water partition coefficient (Wildman–Crippen LogP) is 4.90. The van der Waals surface area contributed by atoms with E-state index in [1.807, 2.05) is 0 Å². The third kappa shape index (κ3) is 6.27. The monoisotopic (exact) mass is 268 g/mol. The molecule has 1 unspecified atom stereocenters. The Morgan fingerprint density at radius 1 is 0.789 bits per heavy atom. The molecule has 0 aliphatic carbocycles. The highest BCUT2D eigenvalue weighted by atomic mass is 15.4. The first-order valence-corrected chi connectivity index (χ1v) is 8.68. The first-order chi connectivity index (χ1) is 9.23. The van der Waals surface area contributed by atoms with Crippen LogP contribution in [0.3, 0.4) is 0 Å². The van der Waals surface area contributed by atoms with Crippen LogP contribution in [0.25, 0.3) is 0 Å². The van der Waals surface area contributed by atoms with Crippen LogP contribution in [-0.4, -0.2) is 23.8 Å². The summed E-state index contributed by atoms with van der Waals surface area (Å²) in [5.41, 5.74) is 0.463. The summed E-state index contributed by atoms with van der Waals surface area (Å²) in [6.45, 7) is 9.31. The van der Waals surface area contributed by atoms with Crippen LogP contribution in [-0.2, 0) is 0 Å². The van der Waals surface area contributed by atoms with Crippen LogP contribution >= 0.6 is 0 Å². The van der Waals surface area contributed by atoms with E-state index in [-0.39, 0.29) is 0 Å². The molecule has 1 N–H and O–H groups in total. The second-order valence-electron chi connectivity index (χ2n) is 6.58. The Balaban J connectivity index is 2.24. The minimum atomic E-state index is 0.463. The van der Waals surface area contributed by atoms with Crippen LogP contribution in [0.5, 0.6) is 0 Å². The van der Waals surface area contributed by atoms with Crippen molar-refractivity contribution in [1.29, 1.82) is 0 Å². The first-order valence-electron chi connectivity index (χ1n) is 8.68. The fourth-order valence-electron chi connectivity index (χ4n) is 3.09. The molecular weight excluding hydrogens is 232 g/mol. The minimum Gasteiger partial charge on any atom is -0.291 e. The molecule has 1 aliphatic rings. The van der Waals surface area contributed by atoms with Gasteiger partial charge in [-0.05, 0) is 19.8 Å². The molecule has 0 amide bonds. The standard InChI is InChI=1S/C17H36N2/c1-4-6-8-10-12-14-17(3,19-15-18-16-19)13-11-9-7-5-2/h18H,4-16H2,1-3H3. The largest absolute Gasteiger partial charge is 0.291 e. The summed E-state index contributed by atoms with van der Waals surface area (Å²) >= 11 is 0. The van der Waals surface area contributed by atoms with Gasteiger partial charge in [0, 0.05) is 5.54 Å². The molecule has 19 heavy (non-hydrogen) atoms. The van der Waals surface area contributed by atoms with Gasteiger partial charge in [-0.25, -0.2) is 0 Å². The molecule has 0 aromatic rings. The van der Waals surface area contributed by atoms with Gasteiger partial charge in [0.1, 0.15) is 0 Å². The van der Waals surface area contributed by atoms with Gasteiger partial charge in [-0.3, -0.25) is 10.2 Å². The van der Waals surface area contributed by atoms with E-state index in [4.69, 9.17) is 0 Å². The van der Waals surface area contributed by atoms with Crippen molar-refractivity contribution in [2.24, 2.45) is 0 Å². The number of nitrogens with one attached hydrogen (secondary N) is 1. The van der Waals surface area contributed by atoms with Gasteiger partial charge in [0.15, 0.2) is 0 Å². The Labute approximate surface area is 121 Å². The molecule has 2 heteroatoms. The number of hydrogen-bond donors (Lipinski definition) is 1. The van der Waals surface area contributed by atoms with Gasteiger partial charge in [-0.1, -0.05) is 71.6 Å². The zero-order valence-corrected chi connectivity index (χ0v) is 13.6. The number of hydrogen-bond acceptors (Lipinski definition) is 2. The van der Waals surface area contributed by atoms with E-state index in [2.05, 4.69) is 31.0 Å². The van der Waals surface area contributed by atoms with Gasteiger partial charge in [0.25, 0.3) is 0 Å². The Morgan fingerprint density at radius 3 is 1.68 bits per heavy atom. The SMILES string of the molecule is CCCCCCCC(C)(CCCCCC)N1CNC1. The molecule has 1 saturated heterocycles. The van der Waals surface area contributed by atoms with Gasteiger partial charge < -0.3 is 0 Å². The summed E-state index contributed by atoms with van der Waals surface area (Å²) in [5, 5.41) is 3.41. The molecular formula is C17H36N2. The number of nitrogens with zero attached hydrogens (tertiary/aromatic N) is 1. The average Bonchev–Trinajstić information content (AvgIpc) is 2.32. The maximum atomic E-state index is 3.41. The third-order valence-corrected chi connectivity index (χ3v) is 4.76. The topological polar surface area (TPSA) is 15.3 Å². The molecule has 0 aromatic carbocycles. The molecule has 0 radical (unpaired) electrons. The Bertz CT molecular complexity index is 213. The number of unbranched alkanes of at least 4 members (excludes halogenated alkanes) is 7. The van der Waals surface area contributed by atoms with Crippen LogP contribution in [0, 0.1) is 0 Å². The smallest absolute Gasteiger partial charge is 0.0508 e. The highest BCUT2D eigenvalue weighted by molar-refractivity contribution is 4.88. The molecule has 1 heterocycles. The normalized spacial score (nSPS) is 19.1. The van der Waals surface area contributed by atoms with E-state index in [1.54, 1.807) is 0 Å². The van der Waals surface area contributed by atoms with Crippen molar-refractivity contribution in [3.05, 3.63) is 0 Å². The Morgan fingerprint density at radius 2 is 1.26 bits per heavy atom. The fourth-order valence-corrected chi connectivity index (χ4v) is 3.09. The number of rotatable bonds is 12. The third-order valence-electron chi connectivity index (χ3n) is 4.76. The maximum absolute atomic E-state index is 3.41. The predicted molar refractivity (Wildman–Crippen MR) is 85.2 cm³/mol. The molecule has 1 atom stereocenters. The molecule has 0 saturated carbocycles. The summed E-state index contributed by atoms with van der Waals surface area (Å²) in [5.74, 6) is 0. The molecule has 1 rings (SSSR count). The fraction of sp³-hybridized carbons (Fsp3) is 1.00. The van der Waals surface area contributed by atoms with Crippen molar-refractivity contribution in [3.8, 4) is 0 Å². The molecule has 0 aromatic heterocycles. The summed E-state index contributed by atoms with van der Waals surface area (Å²) in [6, 6.07) is 0. The van der Waals surface area contributed by atoms with Gasteiger partial charge in [0.2, 0.25) is 0 Å². The van der Waals surface area contributed by atoms with Crippen molar-refractivity contribution in [3.63, 3.8) is 0 Å². The molecule has 0 spiro atoms. The zero-order chi connectivity index (χ0) is 14.0.